The number of hydrogen-bond acceptors (Lipinski definition) is 4. The molecular weight excluding hydrogens is 299 g/mol. The number of carbonyl (C=O) groups excluding carboxylic acids is 3. The summed E-state index contributed by atoms with van der Waals surface area (Å²) >= 11 is 0. The molecule has 1 saturated carbocycles. The van der Waals surface area contributed by atoms with Crippen molar-refractivity contribution in [2.45, 2.75) is 32.1 Å². The van der Waals surface area contributed by atoms with E-state index in [2.05, 4.69) is 0 Å². The highest BCUT2D eigenvalue weighted by molar-refractivity contribution is 5.71. The summed E-state index contributed by atoms with van der Waals surface area (Å²) in [4.78, 5) is 34.9. The first kappa shape index (κ1) is 17.3. The third kappa shape index (κ3) is 4.03. The third-order valence-corrected chi connectivity index (χ3v) is 4.61. The van der Waals surface area contributed by atoms with Gasteiger partial charge in [0, 0.05) is 24.2 Å². The Labute approximate surface area is 135 Å². The molecule has 0 saturated heterocycles. The lowest BCUT2D eigenvalue weighted by Gasteiger charge is -2.38. The SMILES string of the molecule is CCOC(=O)C[C@@H]1CC[C@@H](C=O)[C@H](c2ccc(F)cc2)[C@H]1C=O. The largest absolute Gasteiger partial charge is 0.466 e. The quantitative estimate of drug-likeness (QED) is 0.597. The molecule has 124 valence electrons. The van der Waals surface area contributed by atoms with Crippen molar-refractivity contribution in [2.75, 3.05) is 6.61 Å². The van der Waals surface area contributed by atoms with Crippen LogP contribution in [0.15, 0.2) is 24.3 Å². The van der Waals surface area contributed by atoms with Crippen molar-refractivity contribution in [3.8, 4) is 0 Å². The molecule has 0 aromatic heterocycles. The number of ether oxygens (including phenoxy) is 1. The molecule has 0 aliphatic heterocycles. The molecule has 23 heavy (non-hydrogen) atoms. The number of aldehydes is 2. The third-order valence-electron chi connectivity index (χ3n) is 4.61. The first-order chi connectivity index (χ1) is 11.1. The fraction of sp³-hybridized carbons (Fsp3) is 0.500. The van der Waals surface area contributed by atoms with E-state index in [-0.39, 0.29) is 36.0 Å². The monoisotopic (exact) mass is 320 g/mol. The molecule has 4 nitrogen and oxygen atoms in total. The summed E-state index contributed by atoms with van der Waals surface area (Å²) in [5.74, 6) is -1.91. The van der Waals surface area contributed by atoms with Crippen LogP contribution >= 0.6 is 0 Å². The Bertz CT molecular complexity index is 555. The Morgan fingerprint density at radius 1 is 1.22 bits per heavy atom. The van der Waals surface area contributed by atoms with Gasteiger partial charge in [-0.3, -0.25) is 4.79 Å². The van der Waals surface area contributed by atoms with Crippen molar-refractivity contribution in [3.63, 3.8) is 0 Å². The van der Waals surface area contributed by atoms with Crippen LogP contribution in [-0.2, 0) is 19.1 Å². The fourth-order valence-corrected chi connectivity index (χ4v) is 3.53. The lowest BCUT2D eigenvalue weighted by atomic mass is 9.64. The average Bonchev–Trinajstić information content (AvgIpc) is 2.55. The van der Waals surface area contributed by atoms with Crippen LogP contribution in [0.1, 0.15) is 37.7 Å². The smallest absolute Gasteiger partial charge is 0.306 e. The second-order valence-electron chi connectivity index (χ2n) is 5.94. The number of esters is 1. The molecule has 2 rings (SSSR count). The van der Waals surface area contributed by atoms with Gasteiger partial charge >= 0.3 is 5.97 Å². The van der Waals surface area contributed by atoms with Crippen LogP contribution in [0.2, 0.25) is 0 Å². The number of rotatable bonds is 6. The summed E-state index contributed by atoms with van der Waals surface area (Å²) in [5, 5.41) is 0. The van der Waals surface area contributed by atoms with E-state index >= 15 is 0 Å². The van der Waals surface area contributed by atoms with E-state index < -0.39 is 5.92 Å². The summed E-state index contributed by atoms with van der Waals surface area (Å²) in [6, 6.07) is 5.88. The van der Waals surface area contributed by atoms with Gasteiger partial charge in [-0.05, 0) is 43.4 Å². The molecule has 0 radical (unpaired) electrons. The molecule has 0 heterocycles. The van der Waals surface area contributed by atoms with Gasteiger partial charge in [0.05, 0.1) is 6.61 Å². The minimum absolute atomic E-state index is 0.155. The Balaban J connectivity index is 2.26. The Morgan fingerprint density at radius 3 is 2.48 bits per heavy atom. The molecule has 5 heteroatoms. The topological polar surface area (TPSA) is 60.4 Å². The van der Waals surface area contributed by atoms with Gasteiger partial charge in [0.1, 0.15) is 18.4 Å². The molecule has 1 aliphatic rings. The minimum atomic E-state index is -0.450. The Morgan fingerprint density at radius 2 is 1.91 bits per heavy atom. The minimum Gasteiger partial charge on any atom is -0.466 e. The molecule has 0 amide bonds. The van der Waals surface area contributed by atoms with Crippen molar-refractivity contribution in [1.29, 1.82) is 0 Å². The van der Waals surface area contributed by atoms with Gasteiger partial charge in [-0.2, -0.15) is 0 Å². The molecule has 0 N–H and O–H groups in total. The van der Waals surface area contributed by atoms with Crippen molar-refractivity contribution in [1.82, 2.24) is 0 Å². The van der Waals surface area contributed by atoms with Crippen molar-refractivity contribution in [3.05, 3.63) is 35.6 Å². The van der Waals surface area contributed by atoms with Crippen molar-refractivity contribution < 1.29 is 23.5 Å². The average molecular weight is 320 g/mol. The maximum absolute atomic E-state index is 13.1. The van der Waals surface area contributed by atoms with Gasteiger partial charge in [0.25, 0.3) is 0 Å². The standard InChI is InChI=1S/C18H21FO4/c1-2-23-17(22)9-13-3-4-14(10-20)18(16(13)11-21)12-5-7-15(19)8-6-12/h5-8,10-11,13-14,16,18H,2-4,9H2,1H3/t13-,14-,16-,18-/m0/s1. The predicted octanol–water partition coefficient (Wildman–Crippen LogP) is 2.90. The van der Waals surface area contributed by atoms with Crippen LogP contribution in [0.3, 0.4) is 0 Å². The molecule has 0 unspecified atom stereocenters. The van der Waals surface area contributed by atoms with E-state index in [1.807, 2.05) is 0 Å². The summed E-state index contributed by atoms with van der Waals surface area (Å²) in [5.41, 5.74) is 0.758. The summed E-state index contributed by atoms with van der Waals surface area (Å²) in [7, 11) is 0. The summed E-state index contributed by atoms with van der Waals surface area (Å²) in [6.45, 7) is 2.04. The maximum atomic E-state index is 13.1. The highest BCUT2D eigenvalue weighted by Crippen LogP contribution is 2.44. The molecule has 0 spiro atoms. The van der Waals surface area contributed by atoms with E-state index in [0.29, 0.717) is 19.4 Å². The zero-order valence-electron chi connectivity index (χ0n) is 13.1. The molecule has 1 aliphatic carbocycles. The number of hydrogen-bond donors (Lipinski definition) is 0. The second kappa shape index (κ2) is 7.99. The molecule has 4 atom stereocenters. The molecule has 1 fully saturated rings. The number of benzene rings is 1. The molecule has 1 aromatic carbocycles. The lowest BCUT2D eigenvalue weighted by molar-refractivity contribution is -0.145. The Kier molecular flexibility index (Phi) is 6.02. The molecular formula is C18H21FO4. The van der Waals surface area contributed by atoms with E-state index in [0.717, 1.165) is 18.1 Å². The zero-order chi connectivity index (χ0) is 16.8. The van der Waals surface area contributed by atoms with E-state index in [4.69, 9.17) is 4.74 Å². The summed E-state index contributed by atoms with van der Waals surface area (Å²) in [6.07, 6.45) is 3.10. The van der Waals surface area contributed by atoms with Gasteiger partial charge in [0.15, 0.2) is 0 Å². The van der Waals surface area contributed by atoms with Crippen LogP contribution in [0.4, 0.5) is 4.39 Å². The van der Waals surface area contributed by atoms with Crippen molar-refractivity contribution in [2.24, 2.45) is 17.8 Å². The second-order valence-corrected chi connectivity index (χ2v) is 5.94. The van der Waals surface area contributed by atoms with Crippen LogP contribution in [0.5, 0.6) is 0 Å². The van der Waals surface area contributed by atoms with E-state index in [1.165, 1.54) is 12.1 Å². The fourth-order valence-electron chi connectivity index (χ4n) is 3.53. The highest BCUT2D eigenvalue weighted by atomic mass is 19.1. The zero-order valence-corrected chi connectivity index (χ0v) is 13.1. The van der Waals surface area contributed by atoms with Gasteiger partial charge in [-0.15, -0.1) is 0 Å². The highest BCUT2D eigenvalue weighted by Gasteiger charge is 2.41. The van der Waals surface area contributed by atoms with Crippen LogP contribution in [-0.4, -0.2) is 25.1 Å². The van der Waals surface area contributed by atoms with Crippen LogP contribution < -0.4 is 0 Å². The van der Waals surface area contributed by atoms with Gasteiger partial charge < -0.3 is 14.3 Å². The summed E-state index contributed by atoms with van der Waals surface area (Å²) < 4.78 is 18.1. The van der Waals surface area contributed by atoms with Crippen LogP contribution in [0.25, 0.3) is 0 Å². The predicted molar refractivity (Wildman–Crippen MR) is 82.2 cm³/mol. The molecule has 1 aromatic rings. The normalized spacial score (nSPS) is 27.2. The Hall–Kier alpha value is -2.04. The van der Waals surface area contributed by atoms with Crippen molar-refractivity contribution >= 4 is 18.5 Å². The van der Waals surface area contributed by atoms with E-state index in [9.17, 15) is 18.8 Å². The van der Waals surface area contributed by atoms with E-state index in [1.54, 1.807) is 19.1 Å². The van der Waals surface area contributed by atoms with Gasteiger partial charge in [-0.1, -0.05) is 12.1 Å². The first-order valence-corrected chi connectivity index (χ1v) is 7.92. The number of halogens is 1. The van der Waals surface area contributed by atoms with Crippen LogP contribution in [0, 0.1) is 23.6 Å². The first-order valence-electron chi connectivity index (χ1n) is 7.92. The lowest BCUT2D eigenvalue weighted by Crippen LogP contribution is -2.36. The van der Waals surface area contributed by atoms with Gasteiger partial charge in [-0.25, -0.2) is 4.39 Å². The van der Waals surface area contributed by atoms with Gasteiger partial charge in [0.2, 0.25) is 0 Å². The maximum Gasteiger partial charge on any atom is 0.306 e. The number of carbonyl (C=O) groups is 3. The molecule has 0 bridgehead atoms.